The van der Waals surface area contributed by atoms with Crippen molar-refractivity contribution in [3.8, 4) is 0 Å². The molecule has 0 unspecified atom stereocenters. The van der Waals surface area contributed by atoms with E-state index in [-0.39, 0.29) is 35.7 Å². The normalized spacial score (nSPS) is 17.1. The number of carbonyl (C=O) groups excluding carboxylic acids is 2. The van der Waals surface area contributed by atoms with Crippen LogP contribution in [0.4, 0.5) is 4.39 Å². The fourth-order valence-corrected chi connectivity index (χ4v) is 2.69. The molecule has 1 atom stereocenters. The van der Waals surface area contributed by atoms with Crippen LogP contribution in [0.1, 0.15) is 22.3 Å². The second-order valence-electron chi connectivity index (χ2n) is 5.73. The Morgan fingerprint density at radius 3 is 2.79 bits per heavy atom. The van der Waals surface area contributed by atoms with Gasteiger partial charge in [0.25, 0.3) is 5.91 Å². The van der Waals surface area contributed by atoms with E-state index < -0.39 is 0 Å². The molecule has 0 radical (unpaired) electrons. The second kappa shape index (κ2) is 6.66. The molecule has 0 saturated carbocycles. The zero-order valence-corrected chi connectivity index (χ0v) is 12.8. The maximum Gasteiger partial charge on any atom is 0.257 e. The molecule has 2 aromatic rings. The molecule has 0 aliphatic carbocycles. The number of likely N-dealkylation sites (tertiary alicyclic amines) is 1. The number of amides is 2. The van der Waals surface area contributed by atoms with Gasteiger partial charge in [0.2, 0.25) is 5.91 Å². The number of pyridine rings is 1. The average molecular weight is 329 g/mol. The van der Waals surface area contributed by atoms with Crippen molar-refractivity contribution in [3.63, 3.8) is 0 Å². The minimum atomic E-state index is -0.387. The second-order valence-corrected chi connectivity index (χ2v) is 5.73. The Labute approximate surface area is 138 Å². The summed E-state index contributed by atoms with van der Waals surface area (Å²) in [6.45, 7) is 0.754. The predicted molar refractivity (Wildman–Crippen MR) is 83.1 cm³/mol. The van der Waals surface area contributed by atoms with Crippen molar-refractivity contribution in [2.45, 2.75) is 19.0 Å². The SMILES string of the molecule is O=C(N[C@H]1CC(=O)N(Cc2ccc(F)cc2)C1)c1ccc[n+]([O-])c1. The lowest BCUT2D eigenvalue weighted by Gasteiger charge is -2.17. The summed E-state index contributed by atoms with van der Waals surface area (Å²) in [5.41, 5.74) is 1.07. The number of rotatable bonds is 4. The number of carbonyl (C=O) groups is 2. The molecule has 3 rings (SSSR count). The largest absolute Gasteiger partial charge is 0.619 e. The predicted octanol–water partition coefficient (Wildman–Crippen LogP) is 0.990. The van der Waals surface area contributed by atoms with E-state index in [0.29, 0.717) is 17.8 Å². The standard InChI is InChI=1S/C17H16FN3O3/c18-14-5-3-12(4-6-14)9-20-11-15(8-16(20)22)19-17(23)13-2-1-7-21(24)10-13/h1-7,10,15H,8-9,11H2,(H,19,23)/t15-/m0/s1. The van der Waals surface area contributed by atoms with Gasteiger partial charge in [0.05, 0.1) is 6.04 Å². The summed E-state index contributed by atoms with van der Waals surface area (Å²) in [5.74, 6) is -0.784. The summed E-state index contributed by atoms with van der Waals surface area (Å²) in [7, 11) is 0. The first-order valence-corrected chi connectivity index (χ1v) is 7.53. The van der Waals surface area contributed by atoms with E-state index in [2.05, 4.69) is 5.32 Å². The smallest absolute Gasteiger partial charge is 0.257 e. The minimum absolute atomic E-state index is 0.0726. The van der Waals surface area contributed by atoms with Crippen molar-refractivity contribution in [2.75, 3.05) is 6.54 Å². The molecule has 24 heavy (non-hydrogen) atoms. The Balaban J connectivity index is 1.60. The summed E-state index contributed by atoms with van der Waals surface area (Å²) in [6, 6.07) is 8.67. The zero-order valence-electron chi connectivity index (χ0n) is 12.8. The lowest BCUT2D eigenvalue weighted by Crippen LogP contribution is -2.38. The Morgan fingerprint density at radius 1 is 1.33 bits per heavy atom. The third-order valence-electron chi connectivity index (χ3n) is 3.87. The van der Waals surface area contributed by atoms with Crippen molar-refractivity contribution < 1.29 is 18.7 Å². The molecular weight excluding hydrogens is 313 g/mol. The fourth-order valence-electron chi connectivity index (χ4n) is 2.69. The highest BCUT2D eigenvalue weighted by molar-refractivity contribution is 5.94. The maximum atomic E-state index is 12.9. The van der Waals surface area contributed by atoms with Crippen LogP contribution in [-0.4, -0.2) is 29.3 Å². The van der Waals surface area contributed by atoms with Crippen LogP contribution in [0.2, 0.25) is 0 Å². The molecular formula is C17H16FN3O3. The molecule has 1 aliphatic rings. The van der Waals surface area contributed by atoms with Crippen LogP contribution in [0.3, 0.4) is 0 Å². The number of hydrogen-bond acceptors (Lipinski definition) is 3. The molecule has 1 fully saturated rings. The molecule has 0 spiro atoms. The summed E-state index contributed by atoms with van der Waals surface area (Å²) < 4.78 is 13.5. The van der Waals surface area contributed by atoms with Gasteiger partial charge in [-0.1, -0.05) is 12.1 Å². The van der Waals surface area contributed by atoms with Gasteiger partial charge in [-0.15, -0.1) is 0 Å². The topological polar surface area (TPSA) is 76.4 Å². The molecule has 1 aromatic carbocycles. The number of nitrogens with zero attached hydrogens (tertiary/aromatic N) is 2. The third-order valence-corrected chi connectivity index (χ3v) is 3.87. The highest BCUT2D eigenvalue weighted by Gasteiger charge is 2.30. The molecule has 124 valence electrons. The van der Waals surface area contributed by atoms with Gasteiger partial charge < -0.3 is 15.4 Å². The summed E-state index contributed by atoms with van der Waals surface area (Å²) in [6.07, 6.45) is 2.68. The first-order valence-electron chi connectivity index (χ1n) is 7.53. The number of benzene rings is 1. The Kier molecular flexibility index (Phi) is 4.41. The molecule has 2 amide bonds. The van der Waals surface area contributed by atoms with E-state index in [1.807, 2.05) is 0 Å². The van der Waals surface area contributed by atoms with Crippen LogP contribution in [0.15, 0.2) is 48.8 Å². The molecule has 7 heteroatoms. The maximum absolute atomic E-state index is 12.9. The minimum Gasteiger partial charge on any atom is -0.619 e. The third kappa shape index (κ3) is 3.68. The van der Waals surface area contributed by atoms with Crippen molar-refractivity contribution in [2.24, 2.45) is 0 Å². The van der Waals surface area contributed by atoms with Crippen LogP contribution in [-0.2, 0) is 11.3 Å². The number of aromatic nitrogens is 1. The highest BCUT2D eigenvalue weighted by Crippen LogP contribution is 2.16. The van der Waals surface area contributed by atoms with Crippen LogP contribution in [0.25, 0.3) is 0 Å². The van der Waals surface area contributed by atoms with Crippen LogP contribution < -0.4 is 10.0 Å². The van der Waals surface area contributed by atoms with Crippen molar-refractivity contribution in [1.29, 1.82) is 0 Å². The monoisotopic (exact) mass is 329 g/mol. The first-order chi connectivity index (χ1) is 11.5. The zero-order chi connectivity index (χ0) is 17.1. The van der Waals surface area contributed by atoms with E-state index >= 15 is 0 Å². The van der Waals surface area contributed by atoms with E-state index in [0.717, 1.165) is 5.56 Å². The molecule has 0 bridgehead atoms. The van der Waals surface area contributed by atoms with Crippen LogP contribution >= 0.6 is 0 Å². The lowest BCUT2D eigenvalue weighted by molar-refractivity contribution is -0.605. The Morgan fingerprint density at radius 2 is 2.08 bits per heavy atom. The average Bonchev–Trinajstić information content (AvgIpc) is 2.89. The van der Waals surface area contributed by atoms with Gasteiger partial charge in [0, 0.05) is 25.6 Å². The van der Waals surface area contributed by atoms with Gasteiger partial charge in [-0.05, 0) is 23.8 Å². The van der Waals surface area contributed by atoms with E-state index in [4.69, 9.17) is 0 Å². The van der Waals surface area contributed by atoms with E-state index in [9.17, 15) is 19.2 Å². The van der Waals surface area contributed by atoms with E-state index in [1.54, 1.807) is 17.0 Å². The Bertz CT molecular complexity index is 764. The van der Waals surface area contributed by atoms with Gasteiger partial charge in [-0.25, -0.2) is 4.39 Å². The van der Waals surface area contributed by atoms with Gasteiger partial charge >= 0.3 is 0 Å². The summed E-state index contributed by atoms with van der Waals surface area (Å²) >= 11 is 0. The van der Waals surface area contributed by atoms with Crippen molar-refractivity contribution >= 4 is 11.8 Å². The summed E-state index contributed by atoms with van der Waals surface area (Å²) in [4.78, 5) is 25.8. The van der Waals surface area contributed by atoms with E-state index in [1.165, 1.54) is 36.7 Å². The number of nitrogens with one attached hydrogen (secondary N) is 1. The first kappa shape index (κ1) is 15.9. The van der Waals surface area contributed by atoms with Gasteiger partial charge in [0.1, 0.15) is 11.4 Å². The van der Waals surface area contributed by atoms with Crippen LogP contribution in [0, 0.1) is 11.0 Å². The van der Waals surface area contributed by atoms with Gasteiger partial charge in [-0.3, -0.25) is 9.59 Å². The molecule has 2 heterocycles. The van der Waals surface area contributed by atoms with Crippen molar-refractivity contribution in [3.05, 3.63) is 70.9 Å². The molecule has 1 saturated heterocycles. The Hall–Kier alpha value is -2.96. The van der Waals surface area contributed by atoms with Gasteiger partial charge in [-0.2, -0.15) is 4.73 Å². The molecule has 6 nitrogen and oxygen atoms in total. The van der Waals surface area contributed by atoms with Gasteiger partial charge in [0.15, 0.2) is 12.4 Å². The van der Waals surface area contributed by atoms with Crippen molar-refractivity contribution in [1.82, 2.24) is 10.2 Å². The molecule has 1 N–H and O–H groups in total. The molecule has 1 aromatic heterocycles. The number of halogens is 1. The highest BCUT2D eigenvalue weighted by atomic mass is 19.1. The molecule has 1 aliphatic heterocycles. The number of hydrogen-bond donors (Lipinski definition) is 1. The quantitative estimate of drug-likeness (QED) is 0.671. The van der Waals surface area contributed by atoms with Crippen LogP contribution in [0.5, 0.6) is 0 Å². The fraction of sp³-hybridized carbons (Fsp3) is 0.235. The lowest BCUT2D eigenvalue weighted by atomic mass is 10.2. The summed E-state index contributed by atoms with van der Waals surface area (Å²) in [5, 5.41) is 14.0.